The Bertz CT molecular complexity index is 387. The monoisotopic (exact) mass is 231 g/mol. The molecular weight excluding hydrogens is 206 g/mol. The van der Waals surface area contributed by atoms with Crippen LogP contribution in [0.15, 0.2) is 18.2 Å². The summed E-state index contributed by atoms with van der Waals surface area (Å²) >= 11 is 0. The van der Waals surface area contributed by atoms with E-state index < -0.39 is 0 Å². The molecule has 1 aliphatic carbocycles. The zero-order valence-corrected chi connectivity index (χ0v) is 11.4. The molecule has 1 aromatic rings. The Kier molecular flexibility index (Phi) is 3.58. The lowest BCUT2D eigenvalue weighted by Crippen LogP contribution is -2.15. The topological polar surface area (TPSA) is 26.0 Å². The second-order valence-electron chi connectivity index (χ2n) is 6.59. The number of hydrogen-bond acceptors (Lipinski definition) is 1. The van der Waals surface area contributed by atoms with Crippen LogP contribution in [-0.2, 0) is 12.8 Å². The summed E-state index contributed by atoms with van der Waals surface area (Å²) in [6.45, 7) is 6.84. The van der Waals surface area contributed by atoms with Crippen LogP contribution in [0.2, 0.25) is 0 Å². The maximum absolute atomic E-state index is 6.30. The molecule has 1 aliphatic rings. The third-order valence-electron chi connectivity index (χ3n) is 3.76. The molecule has 1 aromatic carbocycles. The van der Waals surface area contributed by atoms with Crippen LogP contribution in [-0.4, -0.2) is 0 Å². The van der Waals surface area contributed by atoms with Gasteiger partial charge in [-0.1, -0.05) is 39.0 Å². The van der Waals surface area contributed by atoms with Gasteiger partial charge in [0.05, 0.1) is 0 Å². The van der Waals surface area contributed by atoms with Gasteiger partial charge in [0.1, 0.15) is 0 Å². The Morgan fingerprint density at radius 2 is 1.88 bits per heavy atom. The first-order valence-corrected chi connectivity index (χ1v) is 6.83. The lowest BCUT2D eigenvalue weighted by molar-refractivity contribution is 0.350. The standard InChI is InChI=1S/C16H25N/c1-16(2,3)10-9-15(17)14-8-7-12-5-4-6-13(12)11-14/h7-8,11,15H,4-6,9-10,17H2,1-3H3. The van der Waals surface area contributed by atoms with E-state index in [2.05, 4.69) is 39.0 Å². The Balaban J connectivity index is 2.02. The predicted molar refractivity (Wildman–Crippen MR) is 74.1 cm³/mol. The van der Waals surface area contributed by atoms with Gasteiger partial charge in [0.15, 0.2) is 0 Å². The highest BCUT2D eigenvalue weighted by atomic mass is 14.6. The van der Waals surface area contributed by atoms with Crippen LogP contribution in [0.3, 0.4) is 0 Å². The summed E-state index contributed by atoms with van der Waals surface area (Å²) in [4.78, 5) is 0. The lowest BCUT2D eigenvalue weighted by atomic mass is 9.87. The smallest absolute Gasteiger partial charge is 0.0295 e. The summed E-state index contributed by atoms with van der Waals surface area (Å²) in [5.74, 6) is 0. The zero-order valence-electron chi connectivity index (χ0n) is 11.4. The van der Waals surface area contributed by atoms with Gasteiger partial charge in [0.25, 0.3) is 0 Å². The molecule has 2 N–H and O–H groups in total. The maximum atomic E-state index is 6.30. The Morgan fingerprint density at radius 3 is 2.59 bits per heavy atom. The normalized spacial score (nSPS) is 16.9. The van der Waals surface area contributed by atoms with Crippen molar-refractivity contribution >= 4 is 0 Å². The molecule has 1 nitrogen and oxygen atoms in total. The van der Waals surface area contributed by atoms with Crippen LogP contribution >= 0.6 is 0 Å². The maximum Gasteiger partial charge on any atom is 0.0295 e. The molecule has 0 radical (unpaired) electrons. The van der Waals surface area contributed by atoms with Crippen molar-refractivity contribution in [3.63, 3.8) is 0 Å². The fraction of sp³-hybridized carbons (Fsp3) is 0.625. The van der Waals surface area contributed by atoms with E-state index in [0.29, 0.717) is 5.41 Å². The number of aryl methyl sites for hydroxylation is 2. The zero-order chi connectivity index (χ0) is 12.5. The molecule has 0 fully saturated rings. The summed E-state index contributed by atoms with van der Waals surface area (Å²) in [6.07, 6.45) is 6.09. The van der Waals surface area contributed by atoms with E-state index in [9.17, 15) is 0 Å². The highest BCUT2D eigenvalue weighted by molar-refractivity contribution is 5.36. The van der Waals surface area contributed by atoms with E-state index in [-0.39, 0.29) is 6.04 Å². The molecular formula is C16H25N. The van der Waals surface area contributed by atoms with E-state index in [1.165, 1.54) is 42.4 Å². The SMILES string of the molecule is CC(C)(C)CCC(N)c1ccc2c(c1)CCC2. The average Bonchev–Trinajstić information content (AvgIpc) is 2.71. The summed E-state index contributed by atoms with van der Waals surface area (Å²) in [5, 5.41) is 0. The highest BCUT2D eigenvalue weighted by Crippen LogP contribution is 2.29. The molecule has 0 aromatic heterocycles. The number of benzene rings is 1. The molecule has 94 valence electrons. The first-order valence-electron chi connectivity index (χ1n) is 6.83. The van der Waals surface area contributed by atoms with Crippen LogP contribution in [0, 0.1) is 5.41 Å². The molecule has 0 bridgehead atoms. The molecule has 0 saturated heterocycles. The fourth-order valence-corrected chi connectivity index (χ4v) is 2.58. The highest BCUT2D eigenvalue weighted by Gasteiger charge is 2.16. The molecule has 0 saturated carbocycles. The van der Waals surface area contributed by atoms with E-state index in [0.717, 1.165) is 6.42 Å². The minimum Gasteiger partial charge on any atom is -0.324 e. The van der Waals surface area contributed by atoms with Crippen LogP contribution in [0.5, 0.6) is 0 Å². The number of fused-ring (bicyclic) bond motifs is 1. The van der Waals surface area contributed by atoms with Crippen LogP contribution in [0.25, 0.3) is 0 Å². The third kappa shape index (κ3) is 3.32. The van der Waals surface area contributed by atoms with Crippen molar-refractivity contribution in [1.82, 2.24) is 0 Å². The summed E-state index contributed by atoms with van der Waals surface area (Å²) < 4.78 is 0. The van der Waals surface area contributed by atoms with Crippen molar-refractivity contribution in [1.29, 1.82) is 0 Å². The van der Waals surface area contributed by atoms with E-state index in [1.54, 1.807) is 0 Å². The van der Waals surface area contributed by atoms with Crippen molar-refractivity contribution in [2.45, 2.75) is 58.9 Å². The van der Waals surface area contributed by atoms with Crippen LogP contribution < -0.4 is 5.73 Å². The van der Waals surface area contributed by atoms with Crippen molar-refractivity contribution in [3.05, 3.63) is 34.9 Å². The number of nitrogens with two attached hydrogens (primary N) is 1. The van der Waals surface area contributed by atoms with Gasteiger partial charge < -0.3 is 5.73 Å². The second kappa shape index (κ2) is 4.81. The molecule has 17 heavy (non-hydrogen) atoms. The van der Waals surface area contributed by atoms with Crippen molar-refractivity contribution in [2.75, 3.05) is 0 Å². The molecule has 1 heteroatoms. The van der Waals surface area contributed by atoms with Gasteiger partial charge in [-0.2, -0.15) is 0 Å². The quantitative estimate of drug-likeness (QED) is 0.836. The van der Waals surface area contributed by atoms with E-state index in [4.69, 9.17) is 5.73 Å². The summed E-state index contributed by atoms with van der Waals surface area (Å²) in [7, 11) is 0. The Labute approximate surface area is 105 Å². The third-order valence-corrected chi connectivity index (χ3v) is 3.76. The molecule has 0 amide bonds. The molecule has 0 heterocycles. The molecule has 2 rings (SSSR count). The van der Waals surface area contributed by atoms with Gasteiger partial charge in [-0.3, -0.25) is 0 Å². The first-order chi connectivity index (χ1) is 7.96. The molecule has 0 spiro atoms. The van der Waals surface area contributed by atoms with Crippen molar-refractivity contribution < 1.29 is 0 Å². The minimum absolute atomic E-state index is 0.208. The number of rotatable bonds is 3. The number of hydrogen-bond donors (Lipinski definition) is 1. The Morgan fingerprint density at radius 1 is 1.18 bits per heavy atom. The minimum atomic E-state index is 0.208. The van der Waals surface area contributed by atoms with Crippen molar-refractivity contribution in [2.24, 2.45) is 11.1 Å². The van der Waals surface area contributed by atoms with Gasteiger partial charge in [0.2, 0.25) is 0 Å². The van der Waals surface area contributed by atoms with E-state index in [1.807, 2.05) is 0 Å². The van der Waals surface area contributed by atoms with Gasteiger partial charge in [0, 0.05) is 6.04 Å². The molecule has 0 aliphatic heterocycles. The van der Waals surface area contributed by atoms with Crippen LogP contribution in [0.4, 0.5) is 0 Å². The van der Waals surface area contributed by atoms with E-state index >= 15 is 0 Å². The first kappa shape index (κ1) is 12.6. The lowest BCUT2D eigenvalue weighted by Gasteiger charge is -2.21. The average molecular weight is 231 g/mol. The fourth-order valence-electron chi connectivity index (χ4n) is 2.58. The Hall–Kier alpha value is -0.820. The largest absolute Gasteiger partial charge is 0.324 e. The summed E-state index contributed by atoms with van der Waals surface area (Å²) in [5.41, 5.74) is 11.1. The second-order valence-corrected chi connectivity index (χ2v) is 6.59. The van der Waals surface area contributed by atoms with Gasteiger partial charge >= 0.3 is 0 Å². The molecule has 1 atom stereocenters. The van der Waals surface area contributed by atoms with Crippen LogP contribution in [0.1, 0.15) is 62.8 Å². The predicted octanol–water partition coefficient (Wildman–Crippen LogP) is 4.00. The molecule has 1 unspecified atom stereocenters. The summed E-state index contributed by atoms with van der Waals surface area (Å²) in [6, 6.07) is 7.07. The van der Waals surface area contributed by atoms with Crippen molar-refractivity contribution in [3.8, 4) is 0 Å². The van der Waals surface area contributed by atoms with Gasteiger partial charge in [-0.25, -0.2) is 0 Å². The van der Waals surface area contributed by atoms with Gasteiger partial charge in [-0.15, -0.1) is 0 Å². The van der Waals surface area contributed by atoms with Gasteiger partial charge in [-0.05, 0) is 54.2 Å².